The van der Waals surface area contributed by atoms with Crippen LogP contribution in [0.1, 0.15) is 18.4 Å². The zero-order valence-corrected chi connectivity index (χ0v) is 18.4. The summed E-state index contributed by atoms with van der Waals surface area (Å²) in [6, 6.07) is 14.4. The second kappa shape index (κ2) is 11.2. The zero-order chi connectivity index (χ0) is 18.2. The number of pyridine rings is 1. The van der Waals surface area contributed by atoms with Gasteiger partial charge in [-0.2, -0.15) is 0 Å². The lowest BCUT2D eigenvalue weighted by Gasteiger charge is -2.22. The molecule has 1 heterocycles. The summed E-state index contributed by atoms with van der Waals surface area (Å²) >= 11 is 0. The quantitative estimate of drug-likeness (QED) is 0.270. The molecule has 1 aromatic carbocycles. The second-order valence-corrected chi connectivity index (χ2v) is 6.76. The molecule has 1 aliphatic rings. The van der Waals surface area contributed by atoms with Crippen molar-refractivity contribution < 1.29 is 4.74 Å². The van der Waals surface area contributed by atoms with Gasteiger partial charge in [0.05, 0.1) is 12.3 Å². The number of rotatable bonds is 8. The Morgan fingerprint density at radius 1 is 1.26 bits per heavy atom. The van der Waals surface area contributed by atoms with Gasteiger partial charge in [0.2, 0.25) is 0 Å². The minimum absolute atomic E-state index is 0. The average Bonchev–Trinajstić information content (AvgIpc) is 3.51. The van der Waals surface area contributed by atoms with Crippen LogP contribution < -0.4 is 5.32 Å². The van der Waals surface area contributed by atoms with Crippen LogP contribution in [0.5, 0.6) is 0 Å². The fourth-order valence-corrected chi connectivity index (χ4v) is 2.78. The van der Waals surface area contributed by atoms with E-state index in [2.05, 4.69) is 44.5 Å². The number of ether oxygens (including phenoxy) is 1. The number of aliphatic imine (C=N–C) groups is 1. The minimum atomic E-state index is 0. The van der Waals surface area contributed by atoms with Gasteiger partial charge in [0, 0.05) is 45.6 Å². The highest BCUT2D eigenvalue weighted by molar-refractivity contribution is 14.0. The van der Waals surface area contributed by atoms with E-state index in [1.54, 1.807) is 0 Å². The Hall–Kier alpha value is -1.67. The molecule has 0 spiro atoms. The van der Waals surface area contributed by atoms with Gasteiger partial charge in [-0.15, -0.1) is 24.0 Å². The van der Waals surface area contributed by atoms with Crippen molar-refractivity contribution in [1.29, 1.82) is 0 Å². The molecule has 0 saturated heterocycles. The number of guanidine groups is 1. The molecular formula is C21H29IN4O. The summed E-state index contributed by atoms with van der Waals surface area (Å²) in [5.41, 5.74) is 3.32. The van der Waals surface area contributed by atoms with Crippen LogP contribution in [0, 0.1) is 5.92 Å². The lowest BCUT2D eigenvalue weighted by Crippen LogP contribution is -2.40. The van der Waals surface area contributed by atoms with Crippen LogP contribution in [0.3, 0.4) is 0 Å². The van der Waals surface area contributed by atoms with Crippen molar-refractivity contribution in [1.82, 2.24) is 15.2 Å². The predicted molar refractivity (Wildman–Crippen MR) is 121 cm³/mol. The minimum Gasteiger partial charge on any atom is -0.379 e. The molecule has 0 bridgehead atoms. The molecular weight excluding hydrogens is 451 g/mol. The third-order valence-electron chi connectivity index (χ3n) is 4.53. The molecule has 27 heavy (non-hydrogen) atoms. The second-order valence-electron chi connectivity index (χ2n) is 6.76. The first-order valence-corrected chi connectivity index (χ1v) is 9.26. The summed E-state index contributed by atoms with van der Waals surface area (Å²) in [5.74, 6) is 1.69. The number of likely N-dealkylation sites (N-methyl/N-ethyl adjacent to an activating group) is 1. The number of nitrogens with one attached hydrogen (secondary N) is 1. The van der Waals surface area contributed by atoms with Gasteiger partial charge in [0.15, 0.2) is 5.96 Å². The first-order chi connectivity index (χ1) is 12.8. The lowest BCUT2D eigenvalue weighted by molar-refractivity contribution is 0.115. The Balaban J connectivity index is 0.00000261. The molecule has 1 N–H and O–H groups in total. The first-order valence-electron chi connectivity index (χ1n) is 9.26. The van der Waals surface area contributed by atoms with Crippen molar-refractivity contribution >= 4 is 29.9 Å². The summed E-state index contributed by atoms with van der Waals surface area (Å²) < 4.78 is 5.72. The van der Waals surface area contributed by atoms with Gasteiger partial charge in [-0.05, 0) is 42.5 Å². The molecule has 0 aliphatic heterocycles. The number of halogens is 1. The van der Waals surface area contributed by atoms with Gasteiger partial charge in [0.25, 0.3) is 0 Å². The van der Waals surface area contributed by atoms with Crippen LogP contribution in [0.2, 0.25) is 0 Å². The van der Waals surface area contributed by atoms with Crippen molar-refractivity contribution in [3.05, 3.63) is 54.2 Å². The Morgan fingerprint density at radius 3 is 2.81 bits per heavy atom. The number of aromatic nitrogens is 1. The molecule has 0 amide bonds. The Kier molecular flexibility index (Phi) is 9.00. The van der Waals surface area contributed by atoms with Crippen LogP contribution in [0.4, 0.5) is 0 Å². The normalized spacial score (nSPS) is 13.8. The SMILES string of the molecule is CN=C(NCc1cccc(-c2ccccn2)c1)N(C)CCOCC1CC1.I. The summed E-state index contributed by atoms with van der Waals surface area (Å²) in [7, 11) is 3.86. The van der Waals surface area contributed by atoms with E-state index in [-0.39, 0.29) is 24.0 Å². The third-order valence-corrected chi connectivity index (χ3v) is 4.53. The average molecular weight is 480 g/mol. The molecule has 1 saturated carbocycles. The fourth-order valence-electron chi connectivity index (χ4n) is 2.78. The topological polar surface area (TPSA) is 49.8 Å². The third kappa shape index (κ3) is 7.10. The van der Waals surface area contributed by atoms with E-state index < -0.39 is 0 Å². The maximum Gasteiger partial charge on any atom is 0.193 e. The van der Waals surface area contributed by atoms with Crippen molar-refractivity contribution in [2.24, 2.45) is 10.9 Å². The largest absolute Gasteiger partial charge is 0.379 e. The maximum absolute atomic E-state index is 5.72. The van der Waals surface area contributed by atoms with Crippen molar-refractivity contribution in [3.8, 4) is 11.3 Å². The number of hydrogen-bond donors (Lipinski definition) is 1. The van der Waals surface area contributed by atoms with E-state index in [9.17, 15) is 0 Å². The molecule has 1 aliphatic carbocycles. The highest BCUT2D eigenvalue weighted by Gasteiger charge is 2.21. The van der Waals surface area contributed by atoms with Gasteiger partial charge in [0.1, 0.15) is 0 Å². The molecule has 0 radical (unpaired) electrons. The zero-order valence-electron chi connectivity index (χ0n) is 16.1. The van der Waals surface area contributed by atoms with Crippen LogP contribution in [0.15, 0.2) is 53.7 Å². The van der Waals surface area contributed by atoms with Gasteiger partial charge in [-0.1, -0.05) is 24.3 Å². The first kappa shape index (κ1) is 21.6. The van der Waals surface area contributed by atoms with Crippen molar-refractivity contribution in [3.63, 3.8) is 0 Å². The van der Waals surface area contributed by atoms with Crippen molar-refractivity contribution in [2.75, 3.05) is 33.9 Å². The molecule has 6 heteroatoms. The number of nitrogens with zero attached hydrogens (tertiary/aromatic N) is 3. The molecule has 1 aromatic heterocycles. The molecule has 1 fully saturated rings. The van der Waals surface area contributed by atoms with Crippen molar-refractivity contribution in [2.45, 2.75) is 19.4 Å². The van der Waals surface area contributed by atoms with Gasteiger partial charge >= 0.3 is 0 Å². The molecule has 5 nitrogen and oxygen atoms in total. The Morgan fingerprint density at radius 2 is 2.11 bits per heavy atom. The Bertz CT molecular complexity index is 719. The molecule has 146 valence electrons. The summed E-state index contributed by atoms with van der Waals surface area (Å²) in [4.78, 5) is 10.9. The standard InChI is InChI=1S/C21H28N4O.HI/c1-22-21(25(2)12-13-26-16-17-9-10-17)24-15-18-6-5-7-19(14-18)20-8-3-4-11-23-20;/h3-8,11,14,17H,9-10,12-13,15-16H2,1-2H3,(H,22,24);1H. The maximum atomic E-state index is 5.72. The van der Waals surface area contributed by atoms with Gasteiger partial charge < -0.3 is 15.0 Å². The Labute approximate surface area is 179 Å². The van der Waals surface area contributed by atoms with Crippen LogP contribution in [-0.4, -0.2) is 49.7 Å². The number of benzene rings is 1. The summed E-state index contributed by atoms with van der Waals surface area (Å²) in [6.07, 6.45) is 4.48. The predicted octanol–water partition coefficient (Wildman–Crippen LogP) is 3.80. The van der Waals surface area contributed by atoms with Gasteiger partial charge in [-0.25, -0.2) is 0 Å². The van der Waals surface area contributed by atoms with E-state index in [0.717, 1.165) is 49.4 Å². The molecule has 0 atom stereocenters. The molecule has 2 aromatic rings. The van der Waals surface area contributed by atoms with E-state index in [4.69, 9.17) is 4.74 Å². The highest BCUT2D eigenvalue weighted by Crippen LogP contribution is 2.28. The highest BCUT2D eigenvalue weighted by atomic mass is 127. The summed E-state index contributed by atoms with van der Waals surface area (Å²) in [6.45, 7) is 3.20. The van der Waals surface area contributed by atoms with E-state index in [0.29, 0.717) is 0 Å². The van der Waals surface area contributed by atoms with Gasteiger partial charge in [-0.3, -0.25) is 9.98 Å². The monoisotopic (exact) mass is 480 g/mol. The fraction of sp³-hybridized carbons (Fsp3) is 0.429. The molecule has 0 unspecified atom stereocenters. The molecule has 3 rings (SSSR count). The summed E-state index contributed by atoms with van der Waals surface area (Å²) in [5, 5.41) is 3.43. The number of hydrogen-bond acceptors (Lipinski definition) is 3. The van der Waals surface area contributed by atoms with E-state index >= 15 is 0 Å². The van der Waals surface area contributed by atoms with Crippen LogP contribution in [-0.2, 0) is 11.3 Å². The van der Waals surface area contributed by atoms with E-state index in [1.807, 2.05) is 38.5 Å². The van der Waals surface area contributed by atoms with Crippen LogP contribution in [0.25, 0.3) is 11.3 Å². The smallest absolute Gasteiger partial charge is 0.193 e. The van der Waals surface area contributed by atoms with Crippen LogP contribution >= 0.6 is 24.0 Å². The van der Waals surface area contributed by atoms with E-state index in [1.165, 1.54) is 18.4 Å². The lowest BCUT2D eigenvalue weighted by atomic mass is 10.1.